The Bertz CT molecular complexity index is 461. The maximum Gasteiger partial charge on any atom is 0.409 e. The fourth-order valence-corrected chi connectivity index (χ4v) is 2.99. The minimum atomic E-state index is -0.281. The van der Waals surface area contributed by atoms with Crippen LogP contribution in [-0.2, 0) is 22.6 Å². The molecule has 1 aliphatic heterocycles. The number of nitrogens with zero attached hydrogens (tertiary/aromatic N) is 3. The third-order valence-electron chi connectivity index (χ3n) is 3.50. The number of thiazole rings is 1. The molecule has 1 aromatic heterocycles. The van der Waals surface area contributed by atoms with Gasteiger partial charge in [0.15, 0.2) is 0 Å². The van der Waals surface area contributed by atoms with Crippen molar-refractivity contribution in [3.8, 4) is 0 Å². The first-order valence-corrected chi connectivity index (χ1v) is 8.68. The summed E-state index contributed by atoms with van der Waals surface area (Å²) in [5, 5.41) is 3.11. The molecule has 124 valence electrons. The van der Waals surface area contributed by atoms with Gasteiger partial charge in [0.25, 0.3) is 0 Å². The number of unbranched alkanes of at least 4 members (excludes halogenated alkanes) is 1. The van der Waals surface area contributed by atoms with Gasteiger partial charge in [-0.25, -0.2) is 9.78 Å². The first-order chi connectivity index (χ1) is 10.7. The molecule has 6 nitrogen and oxygen atoms in total. The molecule has 1 amide bonds. The normalized spacial score (nSPS) is 15.7. The first kappa shape index (κ1) is 17.2. The van der Waals surface area contributed by atoms with Crippen LogP contribution in [0.5, 0.6) is 0 Å². The molecule has 0 atom stereocenters. The molecule has 2 rings (SSSR count). The Hall–Kier alpha value is -1.18. The molecule has 1 aromatic rings. The van der Waals surface area contributed by atoms with E-state index in [4.69, 9.17) is 9.47 Å². The highest BCUT2D eigenvalue weighted by atomic mass is 32.1. The van der Waals surface area contributed by atoms with Gasteiger partial charge in [-0.05, 0) is 6.42 Å². The van der Waals surface area contributed by atoms with Crippen LogP contribution >= 0.6 is 11.3 Å². The number of carbonyl (C=O) groups is 1. The van der Waals surface area contributed by atoms with Crippen molar-refractivity contribution in [1.82, 2.24) is 14.8 Å². The Labute approximate surface area is 136 Å². The van der Waals surface area contributed by atoms with Gasteiger partial charge in [-0.1, -0.05) is 13.3 Å². The average Bonchev–Trinajstić information content (AvgIpc) is 2.95. The molecular formula is C15H25N3O3S. The van der Waals surface area contributed by atoms with Crippen LogP contribution in [0.15, 0.2) is 5.38 Å². The molecule has 0 saturated carbocycles. The highest BCUT2D eigenvalue weighted by Gasteiger charge is 2.15. The van der Waals surface area contributed by atoms with E-state index in [0.29, 0.717) is 13.2 Å². The molecule has 1 aliphatic rings. The summed E-state index contributed by atoms with van der Waals surface area (Å²) in [7, 11) is 1.75. The average molecular weight is 327 g/mol. The zero-order chi connectivity index (χ0) is 15.8. The van der Waals surface area contributed by atoms with Crippen LogP contribution in [-0.4, -0.2) is 60.8 Å². The maximum absolute atomic E-state index is 11.8. The molecule has 0 radical (unpaired) electrons. The zero-order valence-electron chi connectivity index (χ0n) is 13.4. The number of rotatable bonds is 7. The van der Waals surface area contributed by atoms with Crippen molar-refractivity contribution in [3.05, 3.63) is 16.1 Å². The number of amides is 1. The van der Waals surface area contributed by atoms with Gasteiger partial charge in [0.05, 0.1) is 38.6 Å². The van der Waals surface area contributed by atoms with Crippen LogP contribution < -0.4 is 0 Å². The van der Waals surface area contributed by atoms with Crippen LogP contribution in [0.3, 0.4) is 0 Å². The van der Waals surface area contributed by atoms with Gasteiger partial charge in [0.1, 0.15) is 5.01 Å². The second kappa shape index (κ2) is 9.07. The zero-order valence-corrected chi connectivity index (χ0v) is 14.2. The second-order valence-electron chi connectivity index (χ2n) is 5.45. The van der Waals surface area contributed by atoms with Crippen molar-refractivity contribution in [3.63, 3.8) is 0 Å². The smallest absolute Gasteiger partial charge is 0.409 e. The third-order valence-corrected chi connectivity index (χ3v) is 4.38. The molecule has 0 aliphatic carbocycles. The van der Waals surface area contributed by atoms with Crippen LogP contribution in [0.4, 0.5) is 4.79 Å². The van der Waals surface area contributed by atoms with Crippen LogP contribution in [0.2, 0.25) is 0 Å². The van der Waals surface area contributed by atoms with Crippen LogP contribution in [0.25, 0.3) is 0 Å². The number of carbonyl (C=O) groups excluding carboxylic acids is 1. The molecular weight excluding hydrogens is 302 g/mol. The molecule has 22 heavy (non-hydrogen) atoms. The highest BCUT2D eigenvalue weighted by molar-refractivity contribution is 7.09. The summed E-state index contributed by atoms with van der Waals surface area (Å²) >= 11 is 1.65. The quantitative estimate of drug-likeness (QED) is 0.720. The standard InChI is InChI=1S/C15H25N3O3S/c1-3-4-7-21-15(19)17(2)10-13-12-22-14(16-13)11-18-5-8-20-9-6-18/h12H,3-11H2,1-2H3. The van der Waals surface area contributed by atoms with E-state index in [2.05, 4.69) is 16.8 Å². The molecule has 0 N–H and O–H groups in total. The molecule has 0 bridgehead atoms. The minimum absolute atomic E-state index is 0.281. The van der Waals surface area contributed by atoms with Gasteiger partial charge in [-0.2, -0.15) is 0 Å². The van der Waals surface area contributed by atoms with E-state index in [1.807, 2.05) is 5.38 Å². The Morgan fingerprint density at radius 3 is 3.00 bits per heavy atom. The third kappa shape index (κ3) is 5.55. The summed E-state index contributed by atoms with van der Waals surface area (Å²) in [6.45, 7) is 7.41. The number of hydrogen-bond donors (Lipinski definition) is 0. The van der Waals surface area contributed by atoms with Crippen molar-refractivity contribution in [2.75, 3.05) is 40.0 Å². The monoisotopic (exact) mass is 327 g/mol. The topological polar surface area (TPSA) is 54.9 Å². The van der Waals surface area contributed by atoms with Gasteiger partial charge < -0.3 is 14.4 Å². The van der Waals surface area contributed by atoms with Crippen molar-refractivity contribution >= 4 is 17.4 Å². The number of morpholine rings is 1. The lowest BCUT2D eigenvalue weighted by atomic mass is 10.4. The Kier molecular flexibility index (Phi) is 7.08. The van der Waals surface area contributed by atoms with E-state index in [1.54, 1.807) is 23.3 Å². The molecule has 1 fully saturated rings. The van der Waals surface area contributed by atoms with E-state index >= 15 is 0 Å². The summed E-state index contributed by atoms with van der Waals surface area (Å²) < 4.78 is 10.5. The van der Waals surface area contributed by atoms with E-state index in [0.717, 1.165) is 56.4 Å². The molecule has 0 aromatic carbocycles. The van der Waals surface area contributed by atoms with Crippen molar-refractivity contribution in [2.24, 2.45) is 0 Å². The lowest BCUT2D eigenvalue weighted by molar-refractivity contribution is 0.0341. The highest BCUT2D eigenvalue weighted by Crippen LogP contribution is 2.15. The fraction of sp³-hybridized carbons (Fsp3) is 0.733. The number of ether oxygens (including phenoxy) is 2. The molecule has 0 spiro atoms. The van der Waals surface area contributed by atoms with Crippen LogP contribution in [0.1, 0.15) is 30.5 Å². The van der Waals surface area contributed by atoms with Crippen molar-refractivity contribution in [2.45, 2.75) is 32.9 Å². The predicted molar refractivity (Wildman–Crippen MR) is 85.9 cm³/mol. The molecule has 1 saturated heterocycles. The largest absolute Gasteiger partial charge is 0.449 e. The SMILES string of the molecule is CCCCOC(=O)N(C)Cc1csc(CN2CCOCC2)n1. The summed E-state index contributed by atoms with van der Waals surface area (Å²) in [6.07, 6.45) is 1.64. The predicted octanol–water partition coefficient (Wildman–Crippen LogP) is 2.34. The first-order valence-electron chi connectivity index (χ1n) is 7.80. The summed E-state index contributed by atoms with van der Waals surface area (Å²) in [4.78, 5) is 20.3. The van der Waals surface area contributed by atoms with Gasteiger partial charge in [-0.15, -0.1) is 11.3 Å². The van der Waals surface area contributed by atoms with Gasteiger partial charge in [0, 0.05) is 25.5 Å². The lowest BCUT2D eigenvalue weighted by Gasteiger charge is -2.25. The molecule has 0 unspecified atom stereocenters. The summed E-state index contributed by atoms with van der Waals surface area (Å²) in [5.74, 6) is 0. The molecule has 2 heterocycles. The maximum atomic E-state index is 11.8. The van der Waals surface area contributed by atoms with Crippen molar-refractivity contribution in [1.29, 1.82) is 0 Å². The molecule has 7 heteroatoms. The second-order valence-corrected chi connectivity index (χ2v) is 6.39. The van der Waals surface area contributed by atoms with Crippen molar-refractivity contribution < 1.29 is 14.3 Å². The fourth-order valence-electron chi connectivity index (χ4n) is 2.17. The summed E-state index contributed by atoms with van der Waals surface area (Å²) in [5.41, 5.74) is 0.920. The minimum Gasteiger partial charge on any atom is -0.449 e. The number of hydrogen-bond acceptors (Lipinski definition) is 6. The Morgan fingerprint density at radius 1 is 1.50 bits per heavy atom. The van der Waals surface area contributed by atoms with E-state index in [1.165, 1.54) is 0 Å². The lowest BCUT2D eigenvalue weighted by Crippen LogP contribution is -2.35. The Balaban J connectivity index is 1.76. The van der Waals surface area contributed by atoms with Gasteiger partial charge in [0.2, 0.25) is 0 Å². The van der Waals surface area contributed by atoms with Gasteiger partial charge >= 0.3 is 6.09 Å². The van der Waals surface area contributed by atoms with Crippen LogP contribution in [0, 0.1) is 0 Å². The summed E-state index contributed by atoms with van der Waals surface area (Å²) in [6, 6.07) is 0. The van der Waals surface area contributed by atoms with Gasteiger partial charge in [-0.3, -0.25) is 4.90 Å². The van der Waals surface area contributed by atoms with E-state index in [9.17, 15) is 4.79 Å². The Morgan fingerprint density at radius 2 is 2.27 bits per heavy atom. The van der Waals surface area contributed by atoms with E-state index < -0.39 is 0 Å². The van der Waals surface area contributed by atoms with E-state index in [-0.39, 0.29) is 6.09 Å². The number of aromatic nitrogens is 1.